The molecule has 2 N–H and O–H groups in total. The highest BCUT2D eigenvalue weighted by Crippen LogP contribution is 2.48. The minimum absolute atomic E-state index is 0.168. The van der Waals surface area contributed by atoms with Crippen molar-refractivity contribution in [2.24, 2.45) is 23.5 Å². The molecule has 4 atom stereocenters. The maximum absolute atomic E-state index is 12.1. The number of hydrogen-bond donors (Lipinski definition) is 1. The van der Waals surface area contributed by atoms with E-state index in [9.17, 15) is 4.79 Å². The third-order valence-electron chi connectivity index (χ3n) is 4.43. The van der Waals surface area contributed by atoms with Gasteiger partial charge in [-0.3, -0.25) is 4.79 Å². The average molecular weight is 194 g/mol. The Balaban J connectivity index is 1.74. The van der Waals surface area contributed by atoms with Crippen LogP contribution < -0.4 is 5.73 Å². The lowest BCUT2D eigenvalue weighted by molar-refractivity contribution is -0.141. The zero-order chi connectivity index (χ0) is 9.71. The van der Waals surface area contributed by atoms with Crippen LogP contribution in [-0.4, -0.2) is 29.9 Å². The molecule has 0 radical (unpaired) electrons. The molecule has 1 amide bonds. The van der Waals surface area contributed by atoms with E-state index < -0.39 is 0 Å². The van der Waals surface area contributed by atoms with Gasteiger partial charge in [0.25, 0.3) is 0 Å². The standard InChI is InChI=1S/C11H18N2O/c12-10-8-3-2-7(6-8)9(10)11(14)13-4-1-5-13/h7-10H,1-6,12H2. The van der Waals surface area contributed by atoms with E-state index in [0.717, 1.165) is 13.1 Å². The molecule has 0 spiro atoms. The maximum Gasteiger partial charge on any atom is 0.227 e. The fourth-order valence-electron chi connectivity index (χ4n) is 3.45. The van der Waals surface area contributed by atoms with Crippen molar-refractivity contribution in [3.63, 3.8) is 0 Å². The summed E-state index contributed by atoms with van der Waals surface area (Å²) in [7, 11) is 0. The van der Waals surface area contributed by atoms with Gasteiger partial charge in [0.15, 0.2) is 0 Å². The van der Waals surface area contributed by atoms with Crippen LogP contribution in [0.25, 0.3) is 0 Å². The topological polar surface area (TPSA) is 46.3 Å². The smallest absolute Gasteiger partial charge is 0.227 e. The molecule has 3 heteroatoms. The summed E-state index contributed by atoms with van der Waals surface area (Å²) in [5.41, 5.74) is 6.13. The Morgan fingerprint density at radius 2 is 1.93 bits per heavy atom. The average Bonchev–Trinajstić information content (AvgIpc) is 2.59. The molecule has 1 saturated heterocycles. The second kappa shape index (κ2) is 2.96. The lowest BCUT2D eigenvalue weighted by atomic mass is 9.83. The van der Waals surface area contributed by atoms with Gasteiger partial charge in [0.1, 0.15) is 0 Å². The van der Waals surface area contributed by atoms with Gasteiger partial charge in [0.05, 0.1) is 5.92 Å². The Morgan fingerprint density at radius 3 is 2.43 bits per heavy atom. The van der Waals surface area contributed by atoms with Gasteiger partial charge < -0.3 is 10.6 Å². The van der Waals surface area contributed by atoms with Gasteiger partial charge in [-0.25, -0.2) is 0 Å². The van der Waals surface area contributed by atoms with E-state index in [0.29, 0.717) is 17.7 Å². The minimum atomic E-state index is 0.168. The molecule has 2 bridgehead atoms. The van der Waals surface area contributed by atoms with E-state index in [1.54, 1.807) is 0 Å². The summed E-state index contributed by atoms with van der Waals surface area (Å²) >= 11 is 0. The number of fused-ring (bicyclic) bond motifs is 2. The van der Waals surface area contributed by atoms with Gasteiger partial charge in [-0.2, -0.15) is 0 Å². The van der Waals surface area contributed by atoms with E-state index in [-0.39, 0.29) is 12.0 Å². The Hall–Kier alpha value is -0.570. The van der Waals surface area contributed by atoms with Crippen molar-refractivity contribution in [2.45, 2.75) is 31.7 Å². The van der Waals surface area contributed by atoms with E-state index >= 15 is 0 Å². The fraction of sp³-hybridized carbons (Fsp3) is 0.909. The molecular formula is C11H18N2O. The van der Waals surface area contributed by atoms with Crippen LogP contribution in [0, 0.1) is 17.8 Å². The normalized spacial score (nSPS) is 45.4. The number of carbonyl (C=O) groups is 1. The van der Waals surface area contributed by atoms with Gasteiger partial charge in [0, 0.05) is 19.1 Å². The molecule has 0 aromatic rings. The van der Waals surface area contributed by atoms with Crippen molar-refractivity contribution in [2.75, 3.05) is 13.1 Å². The van der Waals surface area contributed by atoms with Crippen LogP contribution in [0.15, 0.2) is 0 Å². The first-order chi connectivity index (χ1) is 6.77. The number of rotatable bonds is 1. The molecule has 1 heterocycles. The molecule has 3 fully saturated rings. The predicted molar refractivity (Wildman–Crippen MR) is 53.5 cm³/mol. The second-order valence-electron chi connectivity index (χ2n) is 5.12. The summed E-state index contributed by atoms with van der Waals surface area (Å²) in [5, 5.41) is 0. The second-order valence-corrected chi connectivity index (χ2v) is 5.12. The molecule has 14 heavy (non-hydrogen) atoms. The van der Waals surface area contributed by atoms with E-state index in [2.05, 4.69) is 0 Å². The quantitative estimate of drug-likeness (QED) is 0.664. The molecule has 2 saturated carbocycles. The summed E-state index contributed by atoms with van der Waals surface area (Å²) in [6.07, 6.45) is 4.89. The Labute approximate surface area is 84.6 Å². The van der Waals surface area contributed by atoms with Crippen LogP contribution in [0.5, 0.6) is 0 Å². The molecule has 1 aliphatic heterocycles. The van der Waals surface area contributed by atoms with Gasteiger partial charge in [0.2, 0.25) is 5.91 Å². The first-order valence-electron chi connectivity index (χ1n) is 5.82. The SMILES string of the molecule is NC1C2CCC(C2)C1C(=O)N1CCC1. The van der Waals surface area contributed by atoms with Gasteiger partial charge in [-0.1, -0.05) is 0 Å². The van der Waals surface area contributed by atoms with Crippen molar-refractivity contribution in [3.8, 4) is 0 Å². The number of carbonyl (C=O) groups excluding carboxylic acids is 1. The summed E-state index contributed by atoms with van der Waals surface area (Å²) in [6.45, 7) is 1.94. The molecule has 0 aromatic heterocycles. The highest BCUT2D eigenvalue weighted by atomic mass is 16.2. The maximum atomic E-state index is 12.1. The predicted octanol–water partition coefficient (Wildman–Crippen LogP) is 0.592. The summed E-state index contributed by atoms with van der Waals surface area (Å²) in [4.78, 5) is 14.1. The first-order valence-corrected chi connectivity index (χ1v) is 5.82. The van der Waals surface area contributed by atoms with Crippen LogP contribution in [-0.2, 0) is 4.79 Å². The van der Waals surface area contributed by atoms with Crippen molar-refractivity contribution >= 4 is 5.91 Å². The Morgan fingerprint density at radius 1 is 1.21 bits per heavy atom. The molecule has 78 valence electrons. The molecular weight excluding hydrogens is 176 g/mol. The number of hydrogen-bond acceptors (Lipinski definition) is 2. The van der Waals surface area contributed by atoms with Crippen molar-refractivity contribution in [3.05, 3.63) is 0 Å². The van der Waals surface area contributed by atoms with E-state index in [4.69, 9.17) is 5.73 Å². The molecule has 4 unspecified atom stereocenters. The van der Waals surface area contributed by atoms with Crippen molar-refractivity contribution in [1.29, 1.82) is 0 Å². The van der Waals surface area contributed by atoms with Gasteiger partial charge >= 0.3 is 0 Å². The van der Waals surface area contributed by atoms with Crippen LogP contribution in [0.2, 0.25) is 0 Å². The minimum Gasteiger partial charge on any atom is -0.342 e. The monoisotopic (exact) mass is 194 g/mol. The molecule has 2 aliphatic carbocycles. The molecule has 3 aliphatic rings. The van der Waals surface area contributed by atoms with Crippen molar-refractivity contribution in [1.82, 2.24) is 4.90 Å². The van der Waals surface area contributed by atoms with Crippen LogP contribution in [0.1, 0.15) is 25.7 Å². The Kier molecular flexibility index (Phi) is 1.84. The fourth-order valence-corrected chi connectivity index (χ4v) is 3.45. The van der Waals surface area contributed by atoms with Crippen molar-refractivity contribution < 1.29 is 4.79 Å². The largest absolute Gasteiger partial charge is 0.342 e. The number of nitrogens with zero attached hydrogens (tertiary/aromatic N) is 1. The van der Waals surface area contributed by atoms with E-state index in [1.807, 2.05) is 4.90 Å². The summed E-state index contributed by atoms with van der Waals surface area (Å²) < 4.78 is 0. The summed E-state index contributed by atoms with van der Waals surface area (Å²) in [5.74, 6) is 1.79. The van der Waals surface area contributed by atoms with Crippen LogP contribution >= 0.6 is 0 Å². The van der Waals surface area contributed by atoms with E-state index in [1.165, 1.54) is 25.7 Å². The number of amides is 1. The zero-order valence-corrected chi connectivity index (χ0v) is 8.48. The third kappa shape index (κ3) is 1.05. The molecule has 3 rings (SSSR count). The Bertz CT molecular complexity index is 260. The lowest BCUT2D eigenvalue weighted by Crippen LogP contribution is -2.51. The molecule has 0 aromatic carbocycles. The molecule has 3 nitrogen and oxygen atoms in total. The highest BCUT2D eigenvalue weighted by Gasteiger charge is 2.50. The van der Waals surface area contributed by atoms with Gasteiger partial charge in [-0.15, -0.1) is 0 Å². The summed E-state index contributed by atoms with van der Waals surface area (Å²) in [6, 6.07) is 0.168. The van der Waals surface area contributed by atoms with Crippen LogP contribution in [0.3, 0.4) is 0 Å². The third-order valence-corrected chi connectivity index (χ3v) is 4.43. The van der Waals surface area contributed by atoms with Gasteiger partial charge in [-0.05, 0) is 37.5 Å². The number of likely N-dealkylation sites (tertiary alicyclic amines) is 1. The highest BCUT2D eigenvalue weighted by molar-refractivity contribution is 5.81. The lowest BCUT2D eigenvalue weighted by Gasteiger charge is -2.37. The zero-order valence-electron chi connectivity index (χ0n) is 8.48. The van der Waals surface area contributed by atoms with Crippen LogP contribution in [0.4, 0.5) is 0 Å². The first kappa shape index (κ1) is 8.72. The number of nitrogens with two attached hydrogens (primary N) is 1.